The number of allylic oxidation sites excluding steroid dienone is 3. The molecule has 4 bridgehead atoms. The number of epoxide rings is 1. The normalized spacial score (nSPS) is 27.5. The number of Topliss-reactive ketones (excluding diaryl/α,β-unsaturated/α-hetero) is 1. The molecule has 3 aliphatic rings. The van der Waals surface area contributed by atoms with E-state index in [-0.39, 0.29) is 37.7 Å². The molecule has 0 unspecified atom stereocenters. The van der Waals surface area contributed by atoms with Gasteiger partial charge in [-0.05, 0) is 64.8 Å². The van der Waals surface area contributed by atoms with Crippen molar-refractivity contribution in [2.24, 2.45) is 5.92 Å². The number of halogens is 1. The molecule has 1 aromatic carbocycles. The SMILES string of the molecule is CNCC(=O)CCCOCCOCCOCCOCCOCCO[C@@H](C)C(=O)O[C@H]1CC(=O)N(C)c2cc(cc(C)c2Cl)C/C(C)=C/C=C/[C@@H](OC)[C@@]2(O)C[C@H](OC(=O)N2)[C@@H](C)[C@@H]2O[C@@]12C. The van der Waals surface area contributed by atoms with Crippen LogP contribution in [-0.4, -0.2) is 171 Å². The maximum atomic E-state index is 14.1. The number of amides is 2. The third-order valence-corrected chi connectivity index (χ3v) is 12.2. The highest BCUT2D eigenvalue weighted by Crippen LogP contribution is 2.49. The number of hydrogen-bond donors (Lipinski definition) is 3. The number of carbonyl (C=O) groups is 4. The van der Waals surface area contributed by atoms with Crippen LogP contribution in [0.3, 0.4) is 0 Å². The van der Waals surface area contributed by atoms with Crippen molar-refractivity contribution in [1.82, 2.24) is 10.6 Å². The highest BCUT2D eigenvalue weighted by molar-refractivity contribution is 6.34. The second-order valence-electron chi connectivity index (χ2n) is 17.1. The zero-order valence-electron chi connectivity index (χ0n) is 39.9. The Hall–Kier alpha value is -3.53. The highest BCUT2D eigenvalue weighted by Gasteiger charge is 2.64. The lowest BCUT2D eigenvalue weighted by atomic mass is 9.83. The predicted molar refractivity (Wildman–Crippen MR) is 245 cm³/mol. The molecule has 1 aromatic rings. The van der Waals surface area contributed by atoms with Gasteiger partial charge < -0.3 is 62.7 Å². The Balaban J connectivity index is 1.27. The number of aliphatic hydroxyl groups is 1. The van der Waals surface area contributed by atoms with E-state index < -0.39 is 59.8 Å². The molecule has 3 aliphatic heterocycles. The number of aryl methyl sites for hydroxylation is 1. The number of hydrogen-bond acceptors (Lipinski definition) is 16. The van der Waals surface area contributed by atoms with Crippen molar-refractivity contribution in [3.63, 3.8) is 0 Å². The third-order valence-electron chi connectivity index (χ3n) is 11.7. The van der Waals surface area contributed by atoms with Gasteiger partial charge in [-0.1, -0.05) is 48.4 Å². The van der Waals surface area contributed by atoms with Crippen LogP contribution in [0.1, 0.15) is 64.5 Å². The quantitative estimate of drug-likeness (QED) is 0.0718. The van der Waals surface area contributed by atoms with Crippen LogP contribution < -0.4 is 15.5 Å². The van der Waals surface area contributed by atoms with E-state index in [4.69, 9.17) is 59.0 Å². The van der Waals surface area contributed by atoms with Gasteiger partial charge in [0.1, 0.15) is 29.7 Å². The summed E-state index contributed by atoms with van der Waals surface area (Å²) < 4.78 is 57.1. The number of esters is 1. The molecule has 0 saturated carbocycles. The van der Waals surface area contributed by atoms with Crippen molar-refractivity contribution in [3.8, 4) is 0 Å². The number of ether oxygens (including phenoxy) is 10. The zero-order valence-corrected chi connectivity index (χ0v) is 40.6. The number of rotatable bonds is 25. The zero-order chi connectivity index (χ0) is 48.3. The summed E-state index contributed by atoms with van der Waals surface area (Å²) in [6.07, 6.45) is 1.43. The Bertz CT molecular complexity index is 1800. The number of likely N-dealkylation sites (N-methyl/N-ethyl adjacent to an activating group) is 1. The Labute approximate surface area is 394 Å². The van der Waals surface area contributed by atoms with E-state index in [1.165, 1.54) is 12.0 Å². The van der Waals surface area contributed by atoms with Crippen LogP contribution in [0.15, 0.2) is 35.9 Å². The first-order valence-electron chi connectivity index (χ1n) is 22.7. The van der Waals surface area contributed by atoms with Gasteiger partial charge in [-0.15, -0.1) is 0 Å². The lowest BCUT2D eigenvalue weighted by Gasteiger charge is -2.42. The number of fused-ring (bicyclic) bond motifs is 5. The van der Waals surface area contributed by atoms with Crippen LogP contribution in [0, 0.1) is 12.8 Å². The molecule has 3 N–H and O–H groups in total. The van der Waals surface area contributed by atoms with Crippen LogP contribution in [0.4, 0.5) is 10.5 Å². The standard InChI is InChI=1S/C47H72ClN3O15/c1-31-11-9-13-39(57-8)47(56)29-38(64-45(55)50-47)33(3)43-46(5,66-43)40(28-41(53)51(7)37-27-35(25-31)26-32(2)42(37)48)65-44(54)34(4)63-24-23-62-22-21-61-20-19-60-18-17-59-16-15-58-14-10-12-36(52)30-49-6/h9,11,13,26-27,33-34,38-40,43,49,56H,10,12,14-25,28-30H2,1-8H3,(H,50,55)/b13-9+,31-11+/t33-,34+,38+,39-,40+,43+,46+,47+/m1/s1. The molecular weight excluding hydrogens is 882 g/mol. The van der Waals surface area contributed by atoms with E-state index in [0.717, 1.165) is 16.7 Å². The molecular formula is C47H72ClN3O15. The van der Waals surface area contributed by atoms with Gasteiger partial charge in [0.25, 0.3) is 0 Å². The van der Waals surface area contributed by atoms with Gasteiger partial charge in [-0.3, -0.25) is 14.9 Å². The van der Waals surface area contributed by atoms with E-state index in [9.17, 15) is 24.3 Å². The highest BCUT2D eigenvalue weighted by atomic mass is 35.5. The summed E-state index contributed by atoms with van der Waals surface area (Å²) in [5.74, 6) is -1.43. The molecule has 0 aliphatic carbocycles. The molecule has 8 atom stereocenters. The molecule has 2 amide bonds. The fourth-order valence-electron chi connectivity index (χ4n) is 7.87. The van der Waals surface area contributed by atoms with E-state index in [0.29, 0.717) is 96.0 Å². The number of anilines is 1. The Morgan fingerprint density at radius 1 is 0.985 bits per heavy atom. The summed E-state index contributed by atoms with van der Waals surface area (Å²) in [5.41, 5.74) is 0.177. The van der Waals surface area contributed by atoms with Gasteiger partial charge in [-0.25, -0.2) is 9.59 Å². The van der Waals surface area contributed by atoms with Crippen LogP contribution in [0.5, 0.6) is 0 Å². The number of ketones is 1. The van der Waals surface area contributed by atoms with Crippen molar-refractivity contribution in [2.75, 3.05) is 105 Å². The van der Waals surface area contributed by atoms with Gasteiger partial charge >= 0.3 is 12.1 Å². The average molecular weight is 955 g/mol. The molecule has 18 nitrogen and oxygen atoms in total. The van der Waals surface area contributed by atoms with E-state index in [2.05, 4.69) is 10.6 Å². The molecule has 0 spiro atoms. The molecule has 0 aromatic heterocycles. The number of benzene rings is 1. The summed E-state index contributed by atoms with van der Waals surface area (Å²) in [4.78, 5) is 53.6. The Morgan fingerprint density at radius 3 is 2.20 bits per heavy atom. The lowest BCUT2D eigenvalue weighted by molar-refractivity contribution is -0.166. The molecule has 2 fully saturated rings. The number of methoxy groups -OCH3 is 1. The first-order valence-corrected chi connectivity index (χ1v) is 23.1. The number of nitrogens with one attached hydrogen (secondary N) is 2. The minimum Gasteiger partial charge on any atom is -0.457 e. The summed E-state index contributed by atoms with van der Waals surface area (Å²) in [6, 6.07) is 3.82. The second-order valence-corrected chi connectivity index (χ2v) is 17.5. The van der Waals surface area contributed by atoms with Crippen LogP contribution >= 0.6 is 11.6 Å². The molecule has 4 rings (SSSR count). The number of nitrogens with zero attached hydrogens (tertiary/aromatic N) is 1. The maximum absolute atomic E-state index is 14.1. The van der Waals surface area contributed by atoms with Gasteiger partial charge in [0.2, 0.25) is 5.91 Å². The van der Waals surface area contributed by atoms with Crippen molar-refractivity contribution in [1.29, 1.82) is 0 Å². The van der Waals surface area contributed by atoms with Crippen LogP contribution in [0.25, 0.3) is 0 Å². The molecule has 2 saturated heterocycles. The largest absolute Gasteiger partial charge is 0.457 e. The van der Waals surface area contributed by atoms with E-state index in [1.807, 2.05) is 39.0 Å². The molecule has 19 heteroatoms. The fraction of sp³-hybridized carbons (Fsp3) is 0.702. The molecule has 3 heterocycles. The van der Waals surface area contributed by atoms with Gasteiger partial charge in [0.15, 0.2) is 11.8 Å². The van der Waals surface area contributed by atoms with E-state index in [1.54, 1.807) is 40.1 Å². The Kier molecular flexibility index (Phi) is 22.9. The third kappa shape index (κ3) is 16.9. The topological polar surface area (TPSA) is 211 Å². The van der Waals surface area contributed by atoms with Gasteiger partial charge in [-0.2, -0.15) is 0 Å². The minimum absolute atomic E-state index is 0.0384. The molecule has 0 radical (unpaired) electrons. The summed E-state index contributed by atoms with van der Waals surface area (Å²) >= 11 is 6.80. The van der Waals surface area contributed by atoms with Crippen molar-refractivity contribution in [2.45, 2.75) is 109 Å². The number of alkyl carbamates (subject to hydrolysis) is 1. The average Bonchev–Trinajstić information content (AvgIpc) is 3.97. The van der Waals surface area contributed by atoms with Crippen molar-refractivity contribution >= 4 is 41.0 Å². The fourth-order valence-corrected chi connectivity index (χ4v) is 8.10. The first kappa shape index (κ1) is 55.1. The maximum Gasteiger partial charge on any atom is 0.409 e. The van der Waals surface area contributed by atoms with Gasteiger partial charge in [0.05, 0.1) is 95.8 Å². The van der Waals surface area contributed by atoms with Gasteiger partial charge in [0, 0.05) is 39.5 Å². The van der Waals surface area contributed by atoms with Crippen LogP contribution in [0.2, 0.25) is 5.02 Å². The summed E-state index contributed by atoms with van der Waals surface area (Å²) in [7, 11) is 4.82. The van der Waals surface area contributed by atoms with Crippen LogP contribution in [-0.2, 0) is 68.2 Å². The lowest BCUT2D eigenvalue weighted by Crippen LogP contribution is -2.63. The molecule has 66 heavy (non-hydrogen) atoms. The van der Waals surface area contributed by atoms with Crippen molar-refractivity contribution in [3.05, 3.63) is 52.1 Å². The Morgan fingerprint density at radius 2 is 1.59 bits per heavy atom. The summed E-state index contributed by atoms with van der Waals surface area (Å²) in [5, 5.41) is 17.5. The monoisotopic (exact) mass is 953 g/mol. The minimum atomic E-state index is -1.81. The number of carbonyl (C=O) groups excluding carboxylic acids is 4. The first-order chi connectivity index (χ1) is 31.5. The van der Waals surface area contributed by atoms with Crippen molar-refractivity contribution < 1.29 is 71.7 Å². The molecule has 372 valence electrons. The summed E-state index contributed by atoms with van der Waals surface area (Å²) in [6.45, 7) is 13.3. The second kappa shape index (κ2) is 27.5. The smallest absolute Gasteiger partial charge is 0.409 e. The predicted octanol–water partition coefficient (Wildman–Crippen LogP) is 4.02. The van der Waals surface area contributed by atoms with E-state index >= 15 is 0 Å².